The van der Waals surface area contributed by atoms with Crippen molar-refractivity contribution in [3.05, 3.63) is 58.3 Å². The first kappa shape index (κ1) is 13.8. The Morgan fingerprint density at radius 1 is 1.14 bits per heavy atom. The Labute approximate surface area is 127 Å². The summed E-state index contributed by atoms with van der Waals surface area (Å²) in [7, 11) is 0. The van der Waals surface area contributed by atoms with Crippen molar-refractivity contribution < 1.29 is 9.59 Å². The molecule has 0 radical (unpaired) electrons. The van der Waals surface area contributed by atoms with E-state index in [1.165, 1.54) is 0 Å². The third kappa shape index (κ3) is 3.31. The molecule has 1 aliphatic rings. The standard InChI is InChI=1S/C16H16N2O2S/c19-15-11-18(10-12-5-2-1-3-6-12)16(20)14(17-15)9-13-7-4-8-21-13/h1-8,14H,9-11H2,(H,17,19)/t14-/m1/s1. The van der Waals surface area contributed by atoms with Gasteiger partial charge in [-0.3, -0.25) is 9.59 Å². The van der Waals surface area contributed by atoms with Gasteiger partial charge in [0.15, 0.2) is 0 Å². The highest BCUT2D eigenvalue weighted by Crippen LogP contribution is 2.16. The number of hydrogen-bond acceptors (Lipinski definition) is 3. The highest BCUT2D eigenvalue weighted by atomic mass is 32.1. The zero-order valence-corrected chi connectivity index (χ0v) is 12.3. The van der Waals surface area contributed by atoms with Gasteiger partial charge in [-0.05, 0) is 17.0 Å². The SMILES string of the molecule is O=C1CN(Cc2ccccc2)C(=O)[C@@H](Cc2cccs2)N1. The van der Waals surface area contributed by atoms with E-state index in [9.17, 15) is 9.59 Å². The molecule has 5 heteroatoms. The van der Waals surface area contributed by atoms with Gasteiger partial charge in [-0.15, -0.1) is 11.3 Å². The molecule has 0 unspecified atom stereocenters. The topological polar surface area (TPSA) is 49.4 Å². The van der Waals surface area contributed by atoms with Crippen molar-refractivity contribution >= 4 is 23.2 Å². The molecule has 0 aliphatic carbocycles. The van der Waals surface area contributed by atoms with Gasteiger partial charge in [0.25, 0.3) is 0 Å². The van der Waals surface area contributed by atoms with Crippen LogP contribution < -0.4 is 5.32 Å². The minimum atomic E-state index is -0.450. The van der Waals surface area contributed by atoms with Crippen LogP contribution >= 0.6 is 11.3 Å². The highest BCUT2D eigenvalue weighted by molar-refractivity contribution is 7.09. The van der Waals surface area contributed by atoms with Crippen molar-refractivity contribution in [3.63, 3.8) is 0 Å². The van der Waals surface area contributed by atoms with Crippen LogP contribution in [0.5, 0.6) is 0 Å². The first-order valence-electron chi connectivity index (χ1n) is 6.87. The third-order valence-electron chi connectivity index (χ3n) is 3.48. The fourth-order valence-corrected chi connectivity index (χ4v) is 3.23. The Balaban J connectivity index is 1.72. The molecule has 1 saturated heterocycles. The van der Waals surface area contributed by atoms with Gasteiger partial charge in [0.2, 0.25) is 11.8 Å². The van der Waals surface area contributed by atoms with Crippen LogP contribution in [0.1, 0.15) is 10.4 Å². The van der Waals surface area contributed by atoms with Crippen molar-refractivity contribution in [2.24, 2.45) is 0 Å². The summed E-state index contributed by atoms with van der Waals surface area (Å²) in [4.78, 5) is 27.1. The summed E-state index contributed by atoms with van der Waals surface area (Å²) in [5.74, 6) is -0.0982. The molecule has 0 spiro atoms. The van der Waals surface area contributed by atoms with Gasteiger partial charge in [-0.1, -0.05) is 36.4 Å². The summed E-state index contributed by atoms with van der Waals surface area (Å²) in [5, 5.41) is 4.78. The number of hydrogen-bond donors (Lipinski definition) is 1. The van der Waals surface area contributed by atoms with Crippen LogP contribution in [0.25, 0.3) is 0 Å². The van der Waals surface area contributed by atoms with Crippen LogP contribution in [0.2, 0.25) is 0 Å². The van der Waals surface area contributed by atoms with Gasteiger partial charge in [-0.25, -0.2) is 0 Å². The van der Waals surface area contributed by atoms with E-state index >= 15 is 0 Å². The second-order valence-corrected chi connectivity index (χ2v) is 6.12. The predicted molar refractivity (Wildman–Crippen MR) is 81.8 cm³/mol. The normalized spacial score (nSPS) is 18.7. The maximum Gasteiger partial charge on any atom is 0.246 e. The number of nitrogens with one attached hydrogen (secondary N) is 1. The van der Waals surface area contributed by atoms with Crippen LogP contribution in [0, 0.1) is 0 Å². The molecule has 1 fully saturated rings. The van der Waals surface area contributed by atoms with E-state index in [1.54, 1.807) is 16.2 Å². The molecular weight excluding hydrogens is 284 g/mol. The molecule has 1 aliphatic heterocycles. The Bertz CT molecular complexity index is 625. The molecule has 2 amide bonds. The summed E-state index contributed by atoms with van der Waals surface area (Å²) in [5.41, 5.74) is 1.04. The molecular formula is C16H16N2O2S. The average molecular weight is 300 g/mol. The van der Waals surface area contributed by atoms with Crippen LogP contribution in [-0.4, -0.2) is 29.3 Å². The van der Waals surface area contributed by atoms with E-state index < -0.39 is 6.04 Å². The highest BCUT2D eigenvalue weighted by Gasteiger charge is 2.32. The number of piperazine rings is 1. The minimum absolute atomic E-state index is 0.00754. The van der Waals surface area contributed by atoms with Crippen LogP contribution in [0.15, 0.2) is 47.8 Å². The first-order valence-corrected chi connectivity index (χ1v) is 7.75. The number of carbonyl (C=O) groups excluding carboxylic acids is 2. The molecule has 1 aromatic carbocycles. The maximum atomic E-state index is 12.5. The van der Waals surface area contributed by atoms with Crippen molar-refractivity contribution in [2.45, 2.75) is 19.0 Å². The Morgan fingerprint density at radius 2 is 1.95 bits per heavy atom. The van der Waals surface area contributed by atoms with E-state index in [-0.39, 0.29) is 18.4 Å². The fraction of sp³-hybridized carbons (Fsp3) is 0.250. The molecule has 21 heavy (non-hydrogen) atoms. The fourth-order valence-electron chi connectivity index (χ4n) is 2.48. The second kappa shape index (κ2) is 6.10. The van der Waals surface area contributed by atoms with Gasteiger partial charge in [0.1, 0.15) is 6.04 Å². The van der Waals surface area contributed by atoms with Gasteiger partial charge in [-0.2, -0.15) is 0 Å². The zero-order chi connectivity index (χ0) is 14.7. The Kier molecular flexibility index (Phi) is 4.01. The van der Waals surface area contributed by atoms with Crippen LogP contribution in [0.4, 0.5) is 0 Å². The number of benzene rings is 1. The first-order chi connectivity index (χ1) is 10.2. The van der Waals surface area contributed by atoms with Crippen LogP contribution in [0.3, 0.4) is 0 Å². The van der Waals surface area contributed by atoms with Gasteiger partial charge >= 0.3 is 0 Å². The van der Waals surface area contributed by atoms with E-state index in [0.29, 0.717) is 13.0 Å². The van der Waals surface area contributed by atoms with E-state index in [0.717, 1.165) is 10.4 Å². The van der Waals surface area contributed by atoms with Gasteiger partial charge < -0.3 is 10.2 Å². The second-order valence-electron chi connectivity index (χ2n) is 5.08. The third-order valence-corrected chi connectivity index (χ3v) is 4.38. The Morgan fingerprint density at radius 3 is 2.67 bits per heavy atom. The maximum absolute atomic E-state index is 12.5. The molecule has 0 bridgehead atoms. The number of thiophene rings is 1. The predicted octanol–water partition coefficient (Wildman–Crippen LogP) is 1.82. The monoisotopic (exact) mass is 300 g/mol. The molecule has 2 heterocycles. The van der Waals surface area contributed by atoms with Crippen molar-refractivity contribution in [1.82, 2.24) is 10.2 Å². The molecule has 108 valence electrons. The van der Waals surface area contributed by atoms with Crippen LogP contribution in [-0.2, 0) is 22.6 Å². The lowest BCUT2D eigenvalue weighted by Gasteiger charge is -2.32. The summed E-state index contributed by atoms with van der Waals surface area (Å²) >= 11 is 1.60. The van der Waals surface area contributed by atoms with E-state index in [1.807, 2.05) is 47.8 Å². The van der Waals surface area contributed by atoms with Gasteiger partial charge in [0, 0.05) is 17.8 Å². The molecule has 4 nitrogen and oxygen atoms in total. The average Bonchev–Trinajstić information content (AvgIpc) is 2.98. The zero-order valence-electron chi connectivity index (χ0n) is 11.5. The van der Waals surface area contributed by atoms with Gasteiger partial charge in [0.05, 0.1) is 6.54 Å². The summed E-state index contributed by atoms with van der Waals surface area (Å²) in [6.45, 7) is 0.614. The van der Waals surface area contributed by atoms with Crippen molar-refractivity contribution in [1.29, 1.82) is 0 Å². The summed E-state index contributed by atoms with van der Waals surface area (Å²) in [6, 6.07) is 13.2. The van der Waals surface area contributed by atoms with E-state index in [4.69, 9.17) is 0 Å². The summed E-state index contributed by atoms with van der Waals surface area (Å²) in [6.07, 6.45) is 0.563. The van der Waals surface area contributed by atoms with E-state index in [2.05, 4.69) is 5.32 Å². The number of carbonyl (C=O) groups is 2. The molecule has 2 aromatic rings. The lowest BCUT2D eigenvalue weighted by atomic mass is 10.1. The summed E-state index contributed by atoms with van der Waals surface area (Å²) < 4.78 is 0. The largest absolute Gasteiger partial charge is 0.342 e. The number of rotatable bonds is 4. The minimum Gasteiger partial charge on any atom is -0.342 e. The molecule has 3 rings (SSSR count). The molecule has 1 aromatic heterocycles. The lowest BCUT2D eigenvalue weighted by Crippen LogP contribution is -2.58. The molecule has 0 saturated carbocycles. The number of amides is 2. The van der Waals surface area contributed by atoms with Crippen molar-refractivity contribution in [3.8, 4) is 0 Å². The Hall–Kier alpha value is -2.14. The smallest absolute Gasteiger partial charge is 0.246 e. The number of nitrogens with zero attached hydrogens (tertiary/aromatic N) is 1. The molecule has 1 atom stereocenters. The van der Waals surface area contributed by atoms with Crippen molar-refractivity contribution in [2.75, 3.05) is 6.54 Å². The quantitative estimate of drug-likeness (QED) is 0.936. The molecule has 1 N–H and O–H groups in total. The lowest BCUT2D eigenvalue weighted by molar-refractivity contribution is -0.144.